The minimum Gasteiger partial charge on any atom is -0.359 e. The zero-order valence-electron chi connectivity index (χ0n) is 13.5. The Bertz CT molecular complexity index is 909. The van der Waals surface area contributed by atoms with E-state index in [0.29, 0.717) is 0 Å². The molecule has 3 nitrogen and oxygen atoms in total. The van der Waals surface area contributed by atoms with Gasteiger partial charge in [-0.15, -0.1) is 0 Å². The van der Waals surface area contributed by atoms with E-state index in [4.69, 9.17) is 0 Å². The highest BCUT2D eigenvalue weighted by atomic mass is 32.1. The van der Waals surface area contributed by atoms with Gasteiger partial charge in [-0.2, -0.15) is 4.57 Å². The summed E-state index contributed by atoms with van der Waals surface area (Å²) in [5.41, 5.74) is 3.91. The van der Waals surface area contributed by atoms with Gasteiger partial charge in [-0.1, -0.05) is 35.6 Å². The monoisotopic (exact) mass is 323 g/mol. The Morgan fingerprint density at radius 2 is 1.91 bits per heavy atom. The second kappa shape index (κ2) is 6.34. The highest BCUT2D eigenvalue weighted by molar-refractivity contribution is 7.18. The molecule has 3 rings (SSSR count). The molecule has 1 aromatic heterocycles. The molecule has 3 aromatic rings. The zero-order chi connectivity index (χ0) is 16.4. The fourth-order valence-electron chi connectivity index (χ4n) is 2.51. The van der Waals surface area contributed by atoms with E-state index in [2.05, 4.69) is 47.3 Å². The molecule has 0 bridgehead atoms. The third-order valence-corrected chi connectivity index (χ3v) is 4.89. The Morgan fingerprint density at radius 3 is 2.65 bits per heavy atom. The maximum atomic E-state index is 11.5. The summed E-state index contributed by atoms with van der Waals surface area (Å²) in [5.74, 6) is 0.0752. The third-order valence-electron chi connectivity index (χ3n) is 3.72. The lowest BCUT2D eigenvalue weighted by molar-refractivity contribution is -0.642. The molecule has 0 saturated carbocycles. The van der Waals surface area contributed by atoms with Crippen molar-refractivity contribution in [1.29, 1.82) is 0 Å². The van der Waals surface area contributed by atoms with E-state index >= 15 is 0 Å². The van der Waals surface area contributed by atoms with Gasteiger partial charge < -0.3 is 5.32 Å². The molecule has 0 amide bonds. The first-order chi connectivity index (χ1) is 11.0. The van der Waals surface area contributed by atoms with Gasteiger partial charge in [0.15, 0.2) is 5.78 Å². The number of nitrogens with zero attached hydrogens (tertiary/aromatic N) is 1. The van der Waals surface area contributed by atoms with Gasteiger partial charge in [-0.25, -0.2) is 0 Å². The number of thiazole rings is 1. The van der Waals surface area contributed by atoms with Gasteiger partial charge in [-0.3, -0.25) is 4.79 Å². The van der Waals surface area contributed by atoms with Crippen LogP contribution < -0.4 is 9.88 Å². The molecule has 0 unspecified atom stereocenters. The number of carbonyl (C=O) groups is 1. The molecule has 0 aliphatic heterocycles. The van der Waals surface area contributed by atoms with Crippen LogP contribution in [-0.4, -0.2) is 5.78 Å². The number of benzene rings is 2. The Balaban J connectivity index is 1.88. The number of nitrogens with one attached hydrogen (secondary N) is 1. The van der Waals surface area contributed by atoms with Gasteiger partial charge in [0.05, 0.1) is 0 Å². The largest absolute Gasteiger partial charge is 0.359 e. The van der Waals surface area contributed by atoms with Crippen LogP contribution in [0.4, 0.5) is 5.69 Å². The molecule has 0 fully saturated rings. The number of carbonyl (C=O) groups excluding carboxylic acids is 1. The lowest BCUT2D eigenvalue weighted by Gasteiger charge is -2.06. The molecule has 0 aliphatic rings. The minimum atomic E-state index is 0.0752. The van der Waals surface area contributed by atoms with Crippen LogP contribution in [0.2, 0.25) is 0 Å². The van der Waals surface area contributed by atoms with E-state index < -0.39 is 0 Å². The van der Waals surface area contributed by atoms with E-state index in [9.17, 15) is 4.79 Å². The number of anilines is 1. The first-order valence-corrected chi connectivity index (χ1v) is 8.30. The summed E-state index contributed by atoms with van der Waals surface area (Å²) in [6.45, 7) is 3.61. The average molecular weight is 323 g/mol. The summed E-state index contributed by atoms with van der Waals surface area (Å²) in [5, 5.41) is 4.54. The lowest BCUT2D eigenvalue weighted by Crippen LogP contribution is -2.29. The second-order valence-electron chi connectivity index (χ2n) is 5.56. The van der Waals surface area contributed by atoms with Gasteiger partial charge in [0, 0.05) is 29.1 Å². The summed E-state index contributed by atoms with van der Waals surface area (Å²) < 4.78 is 3.46. The van der Waals surface area contributed by atoms with E-state index in [-0.39, 0.29) is 5.78 Å². The van der Waals surface area contributed by atoms with Crippen LogP contribution in [0.5, 0.6) is 0 Å². The fourth-order valence-corrected chi connectivity index (χ4v) is 3.66. The smallest absolute Gasteiger partial charge is 0.264 e. The molecule has 4 heteroatoms. The van der Waals surface area contributed by atoms with Crippen molar-refractivity contribution >= 4 is 39.1 Å². The molecule has 1 N–H and O–H groups in total. The molecular weight excluding hydrogens is 304 g/mol. The van der Waals surface area contributed by atoms with Crippen LogP contribution >= 0.6 is 11.3 Å². The molecule has 0 saturated heterocycles. The molecule has 0 radical (unpaired) electrons. The number of fused-ring (bicyclic) bond motifs is 1. The normalized spacial score (nSPS) is 11.7. The first-order valence-electron chi connectivity index (χ1n) is 7.48. The average Bonchev–Trinajstić information content (AvgIpc) is 2.84. The summed E-state index contributed by atoms with van der Waals surface area (Å²) in [6.07, 6.45) is 2.13. The lowest BCUT2D eigenvalue weighted by atomic mass is 10.1. The van der Waals surface area contributed by atoms with Crippen LogP contribution in [-0.2, 0) is 7.05 Å². The highest BCUT2D eigenvalue weighted by Gasteiger charge is 2.14. The predicted octanol–water partition coefficient (Wildman–Crippen LogP) is 4.40. The summed E-state index contributed by atoms with van der Waals surface area (Å²) in [7, 11) is 2.08. The van der Waals surface area contributed by atoms with Crippen molar-refractivity contribution < 1.29 is 9.36 Å². The summed E-state index contributed by atoms with van der Waals surface area (Å²) in [4.78, 5) is 11.5. The Labute approximate surface area is 139 Å². The van der Waals surface area contributed by atoms with E-state index in [1.54, 1.807) is 18.3 Å². The fraction of sp³-hybridized carbons (Fsp3) is 0.158. The Morgan fingerprint density at radius 1 is 1.13 bits per heavy atom. The summed E-state index contributed by atoms with van der Waals surface area (Å²) >= 11 is 1.76. The van der Waals surface area contributed by atoms with Crippen molar-refractivity contribution in [2.24, 2.45) is 7.05 Å². The van der Waals surface area contributed by atoms with Gasteiger partial charge in [0.1, 0.15) is 11.7 Å². The number of aryl methyl sites for hydroxylation is 1. The van der Waals surface area contributed by atoms with Crippen molar-refractivity contribution in [2.75, 3.05) is 5.32 Å². The molecule has 2 aromatic carbocycles. The number of allylic oxidation sites excluding steroid dienone is 1. The topological polar surface area (TPSA) is 33.0 Å². The van der Waals surface area contributed by atoms with Crippen molar-refractivity contribution in [3.8, 4) is 0 Å². The predicted molar refractivity (Wildman–Crippen MR) is 96.7 cm³/mol. The second-order valence-corrected chi connectivity index (χ2v) is 6.62. The zero-order valence-corrected chi connectivity index (χ0v) is 14.3. The third kappa shape index (κ3) is 3.32. The van der Waals surface area contributed by atoms with E-state index in [1.165, 1.54) is 15.2 Å². The molecule has 1 heterocycles. The number of rotatable bonds is 4. The van der Waals surface area contributed by atoms with Crippen molar-refractivity contribution in [3.05, 3.63) is 64.8 Å². The van der Waals surface area contributed by atoms with Crippen molar-refractivity contribution in [1.82, 2.24) is 0 Å². The van der Waals surface area contributed by atoms with E-state index in [0.717, 1.165) is 16.9 Å². The van der Waals surface area contributed by atoms with Crippen LogP contribution in [0.1, 0.15) is 29.2 Å². The SMILES string of the molecule is CC(=O)c1cccc(N/C(C)=C/c2sc3ccccc3[n+]2C)c1. The summed E-state index contributed by atoms with van der Waals surface area (Å²) in [6, 6.07) is 16.0. The first kappa shape index (κ1) is 15.4. The molecule has 23 heavy (non-hydrogen) atoms. The Hall–Kier alpha value is -2.46. The highest BCUT2D eigenvalue weighted by Crippen LogP contribution is 2.22. The van der Waals surface area contributed by atoms with Gasteiger partial charge in [0.2, 0.25) is 5.52 Å². The molecular formula is C19H19N2OS+. The quantitative estimate of drug-likeness (QED) is 0.570. The van der Waals surface area contributed by atoms with Gasteiger partial charge in [-0.05, 0) is 32.0 Å². The number of Topliss-reactive ketones (excluding diaryl/α,β-unsaturated/α-hetero) is 1. The molecule has 116 valence electrons. The van der Waals surface area contributed by atoms with Gasteiger partial charge >= 0.3 is 0 Å². The molecule has 0 atom stereocenters. The number of ketones is 1. The number of aromatic nitrogens is 1. The van der Waals surface area contributed by atoms with Crippen molar-refractivity contribution in [2.45, 2.75) is 13.8 Å². The van der Waals surface area contributed by atoms with Gasteiger partial charge in [0.25, 0.3) is 5.01 Å². The van der Waals surface area contributed by atoms with Crippen LogP contribution in [0, 0.1) is 0 Å². The maximum absolute atomic E-state index is 11.5. The maximum Gasteiger partial charge on any atom is 0.264 e. The number of hydrogen-bond donors (Lipinski definition) is 1. The Kier molecular flexibility index (Phi) is 4.26. The standard InChI is InChI=1S/C19H18N2OS/c1-13(20-16-8-6-7-15(12-16)14(2)22)11-19-21(3)17-9-4-5-10-18(17)23-19/h4-12H,1-3H3/p+1. The number of para-hydroxylation sites is 1. The van der Waals surface area contributed by atoms with Crippen LogP contribution in [0.3, 0.4) is 0 Å². The van der Waals surface area contributed by atoms with Crippen LogP contribution in [0.25, 0.3) is 16.3 Å². The molecule has 0 aliphatic carbocycles. The van der Waals surface area contributed by atoms with E-state index in [1.807, 2.05) is 31.2 Å². The minimum absolute atomic E-state index is 0.0752. The number of hydrogen-bond acceptors (Lipinski definition) is 3. The van der Waals surface area contributed by atoms with Crippen LogP contribution in [0.15, 0.2) is 54.2 Å². The molecule has 0 spiro atoms. The van der Waals surface area contributed by atoms with Crippen molar-refractivity contribution in [3.63, 3.8) is 0 Å².